The van der Waals surface area contributed by atoms with Crippen LogP contribution in [0.5, 0.6) is 0 Å². The van der Waals surface area contributed by atoms with E-state index < -0.39 is 10.0 Å². The summed E-state index contributed by atoms with van der Waals surface area (Å²) in [6, 6.07) is 7.13. The molecule has 0 radical (unpaired) electrons. The first kappa shape index (κ1) is 16.1. The molecule has 0 aliphatic heterocycles. The van der Waals surface area contributed by atoms with Crippen molar-refractivity contribution in [3.8, 4) is 0 Å². The molecule has 0 bridgehead atoms. The van der Waals surface area contributed by atoms with Gasteiger partial charge in [0.25, 0.3) is 0 Å². The number of sulfonamides is 1. The maximum Gasteiger partial charge on any atom is 0.242 e. The Morgan fingerprint density at radius 1 is 1.29 bits per heavy atom. The summed E-state index contributed by atoms with van der Waals surface area (Å²) in [5.74, 6) is 0. The van der Waals surface area contributed by atoms with Crippen molar-refractivity contribution in [3.05, 3.63) is 46.4 Å². The number of nitrogens with zero attached hydrogens (tertiary/aromatic N) is 2. The minimum Gasteiger partial charge on any atom is -0.305 e. The molecule has 21 heavy (non-hydrogen) atoms. The largest absolute Gasteiger partial charge is 0.305 e. The van der Waals surface area contributed by atoms with E-state index in [0.717, 1.165) is 12.1 Å². The molecule has 5 nitrogen and oxygen atoms in total. The fraction of sp³-hybridized carbons (Fsp3) is 0.357. The van der Waals surface area contributed by atoms with Crippen LogP contribution in [0.2, 0.25) is 0 Å². The lowest BCUT2D eigenvalue weighted by Crippen LogP contribution is -2.22. The van der Waals surface area contributed by atoms with E-state index in [-0.39, 0.29) is 6.04 Å². The van der Waals surface area contributed by atoms with Crippen LogP contribution >= 0.6 is 11.3 Å². The molecular formula is C14H19N3O2S2. The third kappa shape index (κ3) is 3.88. The number of aromatic nitrogens is 1. The van der Waals surface area contributed by atoms with E-state index in [4.69, 9.17) is 0 Å². The molecular weight excluding hydrogens is 306 g/mol. The normalized spacial score (nSPS) is 13.5. The summed E-state index contributed by atoms with van der Waals surface area (Å²) in [5, 5.41) is 3.39. The van der Waals surface area contributed by atoms with Gasteiger partial charge in [0.1, 0.15) is 0 Å². The molecule has 1 aromatic heterocycles. The molecule has 1 aromatic carbocycles. The van der Waals surface area contributed by atoms with Crippen molar-refractivity contribution in [2.75, 3.05) is 14.1 Å². The van der Waals surface area contributed by atoms with Gasteiger partial charge in [-0.2, -0.15) is 0 Å². The van der Waals surface area contributed by atoms with Gasteiger partial charge >= 0.3 is 0 Å². The number of nitrogens with one attached hydrogen (secondary N) is 1. The highest BCUT2D eigenvalue weighted by atomic mass is 32.2. The topological polar surface area (TPSA) is 62.3 Å². The van der Waals surface area contributed by atoms with E-state index in [0.29, 0.717) is 4.90 Å². The first-order chi connectivity index (χ1) is 9.91. The van der Waals surface area contributed by atoms with E-state index in [2.05, 4.69) is 17.2 Å². The lowest BCUT2D eigenvalue weighted by molar-refractivity contribution is 0.520. The smallest absolute Gasteiger partial charge is 0.242 e. The van der Waals surface area contributed by atoms with Crippen molar-refractivity contribution in [3.63, 3.8) is 0 Å². The summed E-state index contributed by atoms with van der Waals surface area (Å²) < 4.78 is 25.2. The summed E-state index contributed by atoms with van der Waals surface area (Å²) in [5.41, 5.74) is 2.86. The Morgan fingerprint density at radius 3 is 2.48 bits per heavy atom. The van der Waals surface area contributed by atoms with Gasteiger partial charge in [-0.1, -0.05) is 12.1 Å². The van der Waals surface area contributed by atoms with Gasteiger partial charge in [-0.05, 0) is 24.6 Å². The molecule has 1 atom stereocenters. The van der Waals surface area contributed by atoms with Crippen molar-refractivity contribution < 1.29 is 8.42 Å². The molecule has 0 aliphatic rings. The van der Waals surface area contributed by atoms with Crippen LogP contribution in [0.15, 0.2) is 40.9 Å². The molecule has 0 saturated carbocycles. The lowest BCUT2D eigenvalue weighted by Gasteiger charge is -2.15. The number of thiazole rings is 1. The Labute approximate surface area is 129 Å². The average Bonchev–Trinajstić information content (AvgIpc) is 2.98. The Balaban J connectivity index is 2.05. The highest BCUT2D eigenvalue weighted by Gasteiger charge is 2.17. The van der Waals surface area contributed by atoms with Crippen molar-refractivity contribution in [1.29, 1.82) is 0 Å². The van der Waals surface area contributed by atoms with Gasteiger partial charge in [-0.15, -0.1) is 11.3 Å². The number of hydrogen-bond donors (Lipinski definition) is 1. The van der Waals surface area contributed by atoms with Crippen molar-refractivity contribution in [2.45, 2.75) is 24.4 Å². The second kappa shape index (κ2) is 6.65. The Hall–Kier alpha value is -1.28. The van der Waals surface area contributed by atoms with E-state index in [1.54, 1.807) is 23.5 Å². The molecule has 0 saturated heterocycles. The van der Waals surface area contributed by atoms with Crippen LogP contribution in [-0.2, 0) is 16.6 Å². The monoisotopic (exact) mass is 325 g/mol. The first-order valence-corrected chi connectivity index (χ1v) is 8.86. The van der Waals surface area contributed by atoms with E-state index in [1.807, 2.05) is 23.8 Å². The minimum absolute atomic E-state index is 0.142. The van der Waals surface area contributed by atoms with Gasteiger partial charge in [0, 0.05) is 37.8 Å². The molecule has 0 fully saturated rings. The molecule has 1 heterocycles. The molecule has 1 unspecified atom stereocenters. The predicted octanol–water partition coefficient (Wildman–Crippen LogP) is 2.24. The maximum absolute atomic E-state index is 12.0. The van der Waals surface area contributed by atoms with Gasteiger partial charge in [0.15, 0.2) is 0 Å². The van der Waals surface area contributed by atoms with Gasteiger partial charge in [0.05, 0.1) is 10.4 Å². The number of hydrogen-bond acceptors (Lipinski definition) is 5. The fourth-order valence-electron chi connectivity index (χ4n) is 1.84. The molecule has 0 aliphatic carbocycles. The zero-order valence-electron chi connectivity index (χ0n) is 12.3. The zero-order chi connectivity index (χ0) is 15.5. The van der Waals surface area contributed by atoms with Gasteiger partial charge in [-0.25, -0.2) is 12.7 Å². The molecule has 0 amide bonds. The Kier molecular flexibility index (Phi) is 5.10. The molecule has 0 spiro atoms. The summed E-state index contributed by atoms with van der Waals surface area (Å²) in [6.07, 6.45) is 1.84. The Morgan fingerprint density at radius 2 is 1.95 bits per heavy atom. The quantitative estimate of drug-likeness (QED) is 0.885. The van der Waals surface area contributed by atoms with Crippen LogP contribution in [0.1, 0.15) is 23.4 Å². The van der Waals surface area contributed by atoms with E-state index in [9.17, 15) is 8.42 Å². The average molecular weight is 325 g/mol. The molecule has 114 valence electrons. The highest BCUT2D eigenvalue weighted by Crippen LogP contribution is 2.18. The molecule has 2 aromatic rings. The SMILES string of the molecule is CC(NCc1cncs1)c1ccc(S(=O)(=O)N(C)C)cc1. The van der Waals surface area contributed by atoms with Crippen molar-refractivity contribution in [1.82, 2.24) is 14.6 Å². The van der Waals surface area contributed by atoms with Crippen LogP contribution < -0.4 is 5.32 Å². The third-order valence-corrected chi connectivity index (χ3v) is 5.83. The van der Waals surface area contributed by atoms with Crippen molar-refractivity contribution in [2.24, 2.45) is 0 Å². The molecule has 1 N–H and O–H groups in total. The Bertz CT molecular complexity index is 665. The van der Waals surface area contributed by atoms with E-state index in [1.165, 1.54) is 23.3 Å². The van der Waals surface area contributed by atoms with Crippen LogP contribution in [-0.4, -0.2) is 31.8 Å². The van der Waals surface area contributed by atoms with Crippen LogP contribution in [0.4, 0.5) is 0 Å². The number of benzene rings is 1. The van der Waals surface area contributed by atoms with Gasteiger partial charge in [0.2, 0.25) is 10.0 Å². The van der Waals surface area contributed by atoms with Crippen LogP contribution in [0, 0.1) is 0 Å². The summed E-state index contributed by atoms with van der Waals surface area (Å²) in [6.45, 7) is 2.81. The lowest BCUT2D eigenvalue weighted by atomic mass is 10.1. The predicted molar refractivity (Wildman–Crippen MR) is 84.7 cm³/mol. The highest BCUT2D eigenvalue weighted by molar-refractivity contribution is 7.89. The van der Waals surface area contributed by atoms with Gasteiger partial charge < -0.3 is 5.32 Å². The first-order valence-electron chi connectivity index (χ1n) is 6.54. The van der Waals surface area contributed by atoms with Crippen molar-refractivity contribution >= 4 is 21.4 Å². The van der Waals surface area contributed by atoms with Crippen LogP contribution in [0.3, 0.4) is 0 Å². The van der Waals surface area contributed by atoms with Crippen LogP contribution in [0.25, 0.3) is 0 Å². The fourth-order valence-corrected chi connectivity index (χ4v) is 3.29. The summed E-state index contributed by atoms with van der Waals surface area (Å²) >= 11 is 1.61. The molecule has 7 heteroatoms. The second-order valence-electron chi connectivity index (χ2n) is 4.93. The summed E-state index contributed by atoms with van der Waals surface area (Å²) in [7, 11) is -0.300. The number of rotatable bonds is 6. The minimum atomic E-state index is -3.36. The van der Waals surface area contributed by atoms with Gasteiger partial charge in [-0.3, -0.25) is 4.98 Å². The van der Waals surface area contributed by atoms with E-state index >= 15 is 0 Å². The summed E-state index contributed by atoms with van der Waals surface area (Å²) in [4.78, 5) is 5.52. The maximum atomic E-state index is 12.0. The third-order valence-electron chi connectivity index (χ3n) is 3.22. The zero-order valence-corrected chi connectivity index (χ0v) is 13.9. The standard InChI is InChI=1S/C14H19N3O2S2/c1-11(16-9-13-8-15-10-20-13)12-4-6-14(7-5-12)21(18,19)17(2)3/h4-8,10-11,16H,9H2,1-3H3. The second-order valence-corrected chi connectivity index (χ2v) is 8.05. The molecule has 2 rings (SSSR count).